The summed E-state index contributed by atoms with van der Waals surface area (Å²) in [6, 6.07) is 10.5. The summed E-state index contributed by atoms with van der Waals surface area (Å²) in [6.45, 7) is 2.24. The van der Waals surface area contributed by atoms with Crippen molar-refractivity contribution in [3.8, 4) is 17.1 Å². The van der Waals surface area contributed by atoms with Gasteiger partial charge in [-0.1, -0.05) is 0 Å². The van der Waals surface area contributed by atoms with E-state index in [9.17, 15) is 4.79 Å². The number of rotatable bonds is 5. The van der Waals surface area contributed by atoms with E-state index in [4.69, 9.17) is 19.0 Å². The summed E-state index contributed by atoms with van der Waals surface area (Å²) < 4.78 is 16.3. The van der Waals surface area contributed by atoms with Gasteiger partial charge in [-0.2, -0.15) is 0 Å². The Morgan fingerprint density at radius 3 is 2.67 bits per heavy atom. The van der Waals surface area contributed by atoms with Crippen molar-refractivity contribution >= 4 is 5.97 Å². The molecule has 2 heterocycles. The fraction of sp³-hybridized carbons (Fsp3) is 0.312. The smallest absolute Gasteiger partial charge is 0.371 e. The van der Waals surface area contributed by atoms with Crippen LogP contribution in [-0.4, -0.2) is 30.9 Å². The first kappa shape index (κ1) is 13.7. The van der Waals surface area contributed by atoms with Crippen LogP contribution in [0.4, 0.5) is 0 Å². The number of hydrogen-bond acceptors (Lipinski definition) is 4. The van der Waals surface area contributed by atoms with Crippen LogP contribution in [0.1, 0.15) is 17.0 Å². The Morgan fingerprint density at radius 1 is 1.24 bits per heavy atom. The van der Waals surface area contributed by atoms with E-state index in [1.165, 1.54) is 6.07 Å². The number of hydrogen-bond donors (Lipinski definition) is 1. The quantitative estimate of drug-likeness (QED) is 0.915. The lowest BCUT2D eigenvalue weighted by Crippen LogP contribution is -2.11. The molecule has 0 amide bonds. The molecule has 110 valence electrons. The highest BCUT2D eigenvalue weighted by Crippen LogP contribution is 2.25. The van der Waals surface area contributed by atoms with Crippen LogP contribution < -0.4 is 4.74 Å². The van der Waals surface area contributed by atoms with Crippen LogP contribution >= 0.6 is 0 Å². The van der Waals surface area contributed by atoms with Crippen molar-refractivity contribution in [2.45, 2.75) is 6.42 Å². The second-order valence-electron chi connectivity index (χ2n) is 5.03. The van der Waals surface area contributed by atoms with Gasteiger partial charge in [-0.15, -0.1) is 0 Å². The van der Waals surface area contributed by atoms with E-state index in [1.807, 2.05) is 24.3 Å². The topological polar surface area (TPSA) is 68.9 Å². The number of carboxylic acid groups (broad SMARTS) is 1. The second kappa shape index (κ2) is 6.01. The third kappa shape index (κ3) is 3.25. The second-order valence-corrected chi connectivity index (χ2v) is 5.03. The fourth-order valence-electron chi connectivity index (χ4n) is 2.25. The van der Waals surface area contributed by atoms with Crippen LogP contribution in [0.3, 0.4) is 0 Å². The van der Waals surface area contributed by atoms with Crippen LogP contribution in [0.25, 0.3) is 11.3 Å². The molecule has 3 rings (SSSR count). The van der Waals surface area contributed by atoms with Gasteiger partial charge in [0.1, 0.15) is 11.5 Å². The third-order valence-corrected chi connectivity index (χ3v) is 3.47. The maximum atomic E-state index is 10.8. The van der Waals surface area contributed by atoms with Crippen molar-refractivity contribution < 1.29 is 23.8 Å². The van der Waals surface area contributed by atoms with E-state index in [2.05, 4.69) is 0 Å². The highest BCUT2D eigenvalue weighted by molar-refractivity contribution is 5.85. The molecule has 1 aliphatic rings. The molecule has 0 radical (unpaired) electrons. The average molecular weight is 288 g/mol. The van der Waals surface area contributed by atoms with Crippen LogP contribution in [0.2, 0.25) is 0 Å². The third-order valence-electron chi connectivity index (χ3n) is 3.47. The molecule has 0 bridgehead atoms. The first-order valence-corrected chi connectivity index (χ1v) is 6.86. The number of carboxylic acids is 1. The van der Waals surface area contributed by atoms with Crippen molar-refractivity contribution in [3.63, 3.8) is 0 Å². The lowest BCUT2D eigenvalue weighted by molar-refractivity contribution is 0.0663. The summed E-state index contributed by atoms with van der Waals surface area (Å²) in [5, 5.41) is 8.84. The largest absolute Gasteiger partial charge is 0.493 e. The van der Waals surface area contributed by atoms with Gasteiger partial charge in [0.05, 0.1) is 13.2 Å². The molecule has 1 aromatic carbocycles. The zero-order valence-corrected chi connectivity index (χ0v) is 11.5. The Labute approximate surface area is 122 Å². The zero-order chi connectivity index (χ0) is 14.7. The number of carbonyl (C=O) groups is 1. The van der Waals surface area contributed by atoms with Gasteiger partial charge in [0.2, 0.25) is 5.76 Å². The first-order chi connectivity index (χ1) is 10.2. The summed E-state index contributed by atoms with van der Waals surface area (Å²) >= 11 is 0. The van der Waals surface area contributed by atoms with Gasteiger partial charge < -0.3 is 19.0 Å². The summed E-state index contributed by atoms with van der Waals surface area (Å²) in [7, 11) is 0. The van der Waals surface area contributed by atoms with E-state index in [0.29, 0.717) is 18.3 Å². The number of ether oxygens (including phenoxy) is 2. The predicted molar refractivity (Wildman–Crippen MR) is 75.5 cm³/mol. The van der Waals surface area contributed by atoms with E-state index in [1.54, 1.807) is 6.07 Å². The van der Waals surface area contributed by atoms with Gasteiger partial charge in [-0.25, -0.2) is 4.79 Å². The standard InChI is InChI=1S/C16H16O5/c17-16(18)15-6-5-14(21-15)12-1-3-13(4-2-12)20-10-11-7-8-19-9-11/h1-6,11H,7-10H2,(H,17,18). The molecule has 1 atom stereocenters. The first-order valence-electron chi connectivity index (χ1n) is 6.86. The molecule has 1 aromatic heterocycles. The molecule has 5 nitrogen and oxygen atoms in total. The van der Waals surface area contributed by atoms with Crippen LogP contribution in [-0.2, 0) is 4.74 Å². The number of benzene rings is 1. The molecule has 21 heavy (non-hydrogen) atoms. The summed E-state index contributed by atoms with van der Waals surface area (Å²) in [5.74, 6) is 0.651. The molecule has 0 aliphatic carbocycles. The average Bonchev–Trinajstić information content (AvgIpc) is 3.17. The van der Waals surface area contributed by atoms with Gasteiger partial charge in [0.25, 0.3) is 0 Å². The molecular formula is C16H16O5. The Balaban J connectivity index is 1.63. The molecule has 0 spiro atoms. The molecular weight excluding hydrogens is 272 g/mol. The molecule has 2 aromatic rings. The summed E-state index contributed by atoms with van der Waals surface area (Å²) in [6.07, 6.45) is 1.04. The van der Waals surface area contributed by atoms with Gasteiger partial charge in [0, 0.05) is 18.1 Å². The Hall–Kier alpha value is -2.27. The fourth-order valence-corrected chi connectivity index (χ4v) is 2.25. The highest BCUT2D eigenvalue weighted by Gasteiger charge is 2.16. The maximum Gasteiger partial charge on any atom is 0.371 e. The van der Waals surface area contributed by atoms with Crippen molar-refractivity contribution in [3.05, 3.63) is 42.2 Å². The summed E-state index contributed by atoms with van der Waals surface area (Å²) in [5.41, 5.74) is 0.819. The SMILES string of the molecule is O=C(O)c1ccc(-c2ccc(OCC3CCOC3)cc2)o1. The number of aromatic carboxylic acids is 1. The normalized spacial score (nSPS) is 17.8. The maximum absolute atomic E-state index is 10.8. The van der Waals surface area contributed by atoms with Crippen molar-refractivity contribution in [1.29, 1.82) is 0 Å². The molecule has 1 N–H and O–H groups in total. The minimum atomic E-state index is -1.07. The lowest BCUT2D eigenvalue weighted by Gasteiger charge is -2.10. The van der Waals surface area contributed by atoms with Crippen LogP contribution in [0.15, 0.2) is 40.8 Å². The molecule has 1 fully saturated rings. The molecule has 0 saturated carbocycles. The minimum absolute atomic E-state index is 0.0634. The monoisotopic (exact) mass is 288 g/mol. The predicted octanol–water partition coefficient (Wildman–Crippen LogP) is 3.06. The van der Waals surface area contributed by atoms with E-state index in [0.717, 1.165) is 30.9 Å². The van der Waals surface area contributed by atoms with Crippen molar-refractivity contribution in [2.24, 2.45) is 5.92 Å². The minimum Gasteiger partial charge on any atom is -0.493 e. The summed E-state index contributed by atoms with van der Waals surface area (Å²) in [4.78, 5) is 10.8. The van der Waals surface area contributed by atoms with Gasteiger partial charge >= 0.3 is 5.97 Å². The zero-order valence-electron chi connectivity index (χ0n) is 11.5. The molecule has 1 unspecified atom stereocenters. The van der Waals surface area contributed by atoms with Gasteiger partial charge in [-0.3, -0.25) is 0 Å². The van der Waals surface area contributed by atoms with Crippen LogP contribution in [0.5, 0.6) is 5.75 Å². The Bertz CT molecular complexity index is 608. The Morgan fingerprint density at radius 2 is 2.05 bits per heavy atom. The van der Waals surface area contributed by atoms with Crippen molar-refractivity contribution in [1.82, 2.24) is 0 Å². The lowest BCUT2D eigenvalue weighted by atomic mass is 10.1. The van der Waals surface area contributed by atoms with E-state index in [-0.39, 0.29) is 5.76 Å². The van der Waals surface area contributed by atoms with Gasteiger partial charge in [-0.05, 0) is 42.8 Å². The van der Waals surface area contributed by atoms with Gasteiger partial charge in [0.15, 0.2) is 0 Å². The van der Waals surface area contributed by atoms with E-state index < -0.39 is 5.97 Å². The molecule has 1 aliphatic heterocycles. The van der Waals surface area contributed by atoms with E-state index >= 15 is 0 Å². The van der Waals surface area contributed by atoms with Crippen molar-refractivity contribution in [2.75, 3.05) is 19.8 Å². The number of furan rings is 1. The van der Waals surface area contributed by atoms with Crippen LogP contribution in [0, 0.1) is 5.92 Å². The highest BCUT2D eigenvalue weighted by atomic mass is 16.5. The molecule has 1 saturated heterocycles. The Kier molecular flexibility index (Phi) is 3.92. The molecule has 5 heteroatoms.